The molecule has 0 N–H and O–H groups in total. The van der Waals surface area contributed by atoms with E-state index in [1.165, 1.54) is 18.2 Å². The van der Waals surface area contributed by atoms with Gasteiger partial charge in [-0.15, -0.1) is 0 Å². The maximum atomic E-state index is 13.1. The van der Waals surface area contributed by atoms with Gasteiger partial charge in [-0.2, -0.15) is 0 Å². The van der Waals surface area contributed by atoms with Gasteiger partial charge in [0, 0.05) is 5.41 Å². The second-order valence-corrected chi connectivity index (χ2v) is 9.56. The average Bonchev–Trinajstić information content (AvgIpc) is 2.89. The van der Waals surface area contributed by atoms with E-state index in [0.29, 0.717) is 5.69 Å². The van der Waals surface area contributed by atoms with Crippen LogP contribution in [0.25, 0.3) is 0 Å². The minimum absolute atomic E-state index is 0.104. The molecule has 0 radical (unpaired) electrons. The van der Waals surface area contributed by atoms with Gasteiger partial charge in [-0.3, -0.25) is 4.31 Å². The third-order valence-electron chi connectivity index (χ3n) is 3.87. The van der Waals surface area contributed by atoms with Crippen molar-refractivity contribution in [2.45, 2.75) is 17.9 Å². The van der Waals surface area contributed by atoms with Gasteiger partial charge in [0.15, 0.2) is 9.84 Å². The summed E-state index contributed by atoms with van der Waals surface area (Å²) in [6.45, 7) is 1.86. The fourth-order valence-corrected chi connectivity index (χ4v) is 5.60. The summed E-state index contributed by atoms with van der Waals surface area (Å²) in [4.78, 5) is -0.104. The highest BCUT2D eigenvalue weighted by molar-refractivity contribution is 7.95. The molecule has 1 atom stereocenters. The van der Waals surface area contributed by atoms with Gasteiger partial charge >= 0.3 is 0 Å². The van der Waals surface area contributed by atoms with Crippen LogP contribution in [0.1, 0.15) is 5.56 Å². The Hall–Kier alpha value is -2.19. The molecule has 0 spiro atoms. The van der Waals surface area contributed by atoms with E-state index < -0.39 is 31.7 Å². The number of halogens is 1. The predicted octanol–water partition coefficient (Wildman–Crippen LogP) is 2.64. The SMILES string of the molecule is Cc1ccc(N([C@@H]2C=CS(=O)(=O)C2)S(=O)(=O)c2ccc(F)cc2)cc1. The summed E-state index contributed by atoms with van der Waals surface area (Å²) in [5, 5.41) is 1.03. The van der Waals surface area contributed by atoms with Crippen molar-refractivity contribution >= 4 is 25.5 Å². The van der Waals surface area contributed by atoms with Crippen molar-refractivity contribution < 1.29 is 21.2 Å². The van der Waals surface area contributed by atoms with Crippen molar-refractivity contribution in [3.05, 3.63) is 71.4 Å². The number of nitrogens with zero attached hydrogens (tertiary/aromatic N) is 1. The second-order valence-electron chi connectivity index (χ2n) is 5.82. The first kappa shape index (κ1) is 17.6. The molecule has 0 amide bonds. The molecule has 5 nitrogen and oxygen atoms in total. The summed E-state index contributed by atoms with van der Waals surface area (Å²) < 4.78 is 64.0. The Labute approximate surface area is 146 Å². The smallest absolute Gasteiger partial charge is 0.258 e. The minimum atomic E-state index is -4.07. The van der Waals surface area contributed by atoms with Gasteiger partial charge in [0.1, 0.15) is 5.82 Å². The number of sulfone groups is 1. The number of hydrogen-bond donors (Lipinski definition) is 0. The molecular weight excluding hydrogens is 365 g/mol. The van der Waals surface area contributed by atoms with Crippen LogP contribution in [-0.4, -0.2) is 28.6 Å². The van der Waals surface area contributed by atoms with Gasteiger partial charge in [-0.25, -0.2) is 21.2 Å². The molecule has 0 unspecified atom stereocenters. The van der Waals surface area contributed by atoms with Crippen molar-refractivity contribution in [3.8, 4) is 0 Å². The molecular formula is C17H16FNO4S2. The van der Waals surface area contributed by atoms with Crippen LogP contribution in [0.2, 0.25) is 0 Å². The molecule has 1 heterocycles. The lowest BCUT2D eigenvalue weighted by Gasteiger charge is -2.29. The normalized spacial score (nSPS) is 19.0. The first-order valence-electron chi connectivity index (χ1n) is 7.47. The molecule has 1 aliphatic rings. The van der Waals surface area contributed by atoms with Crippen molar-refractivity contribution in [2.75, 3.05) is 10.1 Å². The zero-order valence-corrected chi connectivity index (χ0v) is 15.0. The van der Waals surface area contributed by atoms with E-state index in [2.05, 4.69) is 0 Å². The van der Waals surface area contributed by atoms with Gasteiger partial charge in [0.2, 0.25) is 0 Å². The Balaban J connectivity index is 2.12. The van der Waals surface area contributed by atoms with Crippen LogP contribution in [0.5, 0.6) is 0 Å². The maximum absolute atomic E-state index is 13.1. The summed E-state index contributed by atoms with van der Waals surface area (Å²) in [7, 11) is -7.52. The average molecular weight is 381 g/mol. The summed E-state index contributed by atoms with van der Waals surface area (Å²) in [6, 6.07) is 10.3. The second kappa shape index (κ2) is 6.27. The van der Waals surface area contributed by atoms with E-state index in [-0.39, 0.29) is 10.6 Å². The molecule has 0 bridgehead atoms. The van der Waals surface area contributed by atoms with Crippen LogP contribution < -0.4 is 4.31 Å². The standard InChI is InChI=1S/C17H16FNO4S2/c1-13-2-6-15(7-3-13)19(16-10-11-24(20,21)12-16)25(22,23)17-8-4-14(18)5-9-17/h2-11,16H,12H2,1H3/t16-/m1/s1. The summed E-state index contributed by atoms with van der Waals surface area (Å²) >= 11 is 0. The molecule has 0 fully saturated rings. The molecule has 0 aliphatic carbocycles. The van der Waals surface area contributed by atoms with Crippen LogP contribution in [-0.2, 0) is 19.9 Å². The Kier molecular flexibility index (Phi) is 4.42. The Bertz CT molecular complexity index is 1010. The summed E-state index contributed by atoms with van der Waals surface area (Å²) in [5.41, 5.74) is 1.29. The monoisotopic (exact) mass is 381 g/mol. The highest BCUT2D eigenvalue weighted by Gasteiger charge is 2.35. The number of aryl methyl sites for hydroxylation is 1. The molecule has 0 saturated carbocycles. The Morgan fingerprint density at radius 2 is 1.64 bits per heavy atom. The number of sulfonamides is 1. The van der Waals surface area contributed by atoms with Gasteiger partial charge in [-0.1, -0.05) is 17.7 Å². The van der Waals surface area contributed by atoms with Crippen molar-refractivity contribution in [3.63, 3.8) is 0 Å². The van der Waals surface area contributed by atoms with E-state index in [1.807, 2.05) is 6.92 Å². The van der Waals surface area contributed by atoms with Gasteiger partial charge in [-0.05, 0) is 49.4 Å². The van der Waals surface area contributed by atoms with Crippen LogP contribution in [0.15, 0.2) is 64.9 Å². The van der Waals surface area contributed by atoms with E-state index in [1.54, 1.807) is 24.3 Å². The molecule has 2 aromatic carbocycles. The lowest BCUT2D eigenvalue weighted by Crippen LogP contribution is -2.41. The number of rotatable bonds is 4. The lowest BCUT2D eigenvalue weighted by atomic mass is 10.2. The zero-order chi connectivity index (χ0) is 18.2. The van der Waals surface area contributed by atoms with E-state index >= 15 is 0 Å². The van der Waals surface area contributed by atoms with Crippen LogP contribution in [0.4, 0.5) is 10.1 Å². The van der Waals surface area contributed by atoms with Gasteiger partial charge in [0.25, 0.3) is 10.0 Å². The first-order chi connectivity index (χ1) is 11.7. The number of anilines is 1. The molecule has 0 aromatic heterocycles. The molecule has 3 rings (SSSR count). The first-order valence-corrected chi connectivity index (χ1v) is 10.6. The zero-order valence-electron chi connectivity index (χ0n) is 13.3. The molecule has 132 valence electrons. The molecule has 1 aliphatic heterocycles. The minimum Gasteiger partial charge on any atom is -0.258 e. The lowest BCUT2D eigenvalue weighted by molar-refractivity contribution is 0.585. The highest BCUT2D eigenvalue weighted by atomic mass is 32.2. The molecule has 2 aromatic rings. The predicted molar refractivity (Wildman–Crippen MR) is 94.0 cm³/mol. The van der Waals surface area contributed by atoms with E-state index in [9.17, 15) is 21.2 Å². The van der Waals surface area contributed by atoms with Crippen molar-refractivity contribution in [1.82, 2.24) is 0 Å². The van der Waals surface area contributed by atoms with Crippen molar-refractivity contribution in [1.29, 1.82) is 0 Å². The number of hydrogen-bond acceptors (Lipinski definition) is 4. The van der Waals surface area contributed by atoms with Crippen LogP contribution in [0.3, 0.4) is 0 Å². The highest BCUT2D eigenvalue weighted by Crippen LogP contribution is 2.30. The van der Waals surface area contributed by atoms with E-state index in [0.717, 1.165) is 27.4 Å². The quantitative estimate of drug-likeness (QED) is 0.816. The van der Waals surface area contributed by atoms with Gasteiger partial charge in [0.05, 0.1) is 22.4 Å². The largest absolute Gasteiger partial charge is 0.264 e. The third kappa shape index (κ3) is 3.59. The van der Waals surface area contributed by atoms with Crippen molar-refractivity contribution in [2.24, 2.45) is 0 Å². The summed E-state index contributed by atoms with van der Waals surface area (Å²) in [5.74, 6) is -0.884. The van der Waals surface area contributed by atoms with E-state index in [4.69, 9.17) is 0 Å². The maximum Gasteiger partial charge on any atom is 0.264 e. The molecule has 25 heavy (non-hydrogen) atoms. The Morgan fingerprint density at radius 1 is 1.04 bits per heavy atom. The Morgan fingerprint density at radius 3 is 2.16 bits per heavy atom. The topological polar surface area (TPSA) is 71.5 Å². The van der Waals surface area contributed by atoms with Crippen LogP contribution >= 0.6 is 0 Å². The number of benzene rings is 2. The van der Waals surface area contributed by atoms with Gasteiger partial charge < -0.3 is 0 Å². The fraction of sp³-hybridized carbons (Fsp3) is 0.176. The summed E-state index contributed by atoms with van der Waals surface area (Å²) in [6.07, 6.45) is 1.36. The fourth-order valence-electron chi connectivity index (χ4n) is 2.63. The van der Waals surface area contributed by atoms with Crippen LogP contribution in [0, 0.1) is 12.7 Å². The molecule has 8 heteroatoms. The molecule has 0 saturated heterocycles. The third-order valence-corrected chi connectivity index (χ3v) is 7.12.